The Hall–Kier alpha value is -2.58. The monoisotopic (exact) mass is 365 g/mol. The number of rotatable bonds is 3. The van der Waals surface area contributed by atoms with Crippen molar-refractivity contribution >= 4 is 28.5 Å². The molecule has 1 aliphatic heterocycles. The third-order valence-electron chi connectivity index (χ3n) is 5.07. The van der Waals surface area contributed by atoms with Crippen LogP contribution in [0.25, 0.3) is 11.0 Å². The van der Waals surface area contributed by atoms with Crippen molar-refractivity contribution in [1.82, 2.24) is 14.5 Å². The molecule has 132 valence electrons. The first-order chi connectivity index (χ1) is 12.7. The Labute approximate surface area is 157 Å². The lowest BCUT2D eigenvalue weighted by atomic mass is 10.0. The summed E-state index contributed by atoms with van der Waals surface area (Å²) in [6.45, 7) is 3.94. The summed E-state index contributed by atoms with van der Waals surface area (Å²) in [5.74, 6) is 1.93. The van der Waals surface area contributed by atoms with Crippen LogP contribution in [0.3, 0.4) is 0 Å². The summed E-state index contributed by atoms with van der Waals surface area (Å²) in [6.07, 6.45) is 4.56. The van der Waals surface area contributed by atoms with Gasteiger partial charge in [-0.05, 0) is 31.0 Å². The number of anilines is 1. The summed E-state index contributed by atoms with van der Waals surface area (Å²) in [6, 6.07) is 12.6. The molecule has 0 spiro atoms. The van der Waals surface area contributed by atoms with Gasteiger partial charge in [0.2, 0.25) is 0 Å². The number of aromatic nitrogens is 3. The number of nitriles is 1. The molecule has 0 bridgehead atoms. The quantitative estimate of drug-likeness (QED) is 0.692. The maximum absolute atomic E-state index is 8.97. The van der Waals surface area contributed by atoms with Crippen LogP contribution < -0.4 is 4.90 Å². The molecule has 6 heteroatoms. The Morgan fingerprint density at radius 2 is 2.04 bits per heavy atom. The van der Waals surface area contributed by atoms with Crippen LogP contribution in [-0.4, -0.2) is 27.6 Å². The molecule has 1 aromatic carbocycles. The molecule has 1 aliphatic rings. The molecule has 0 atom stereocenters. The Balaban J connectivity index is 1.57. The highest BCUT2D eigenvalue weighted by Crippen LogP contribution is 2.32. The number of aryl methyl sites for hydroxylation is 1. The Bertz CT molecular complexity index is 980. The van der Waals surface area contributed by atoms with E-state index in [1.807, 2.05) is 6.07 Å². The van der Waals surface area contributed by atoms with E-state index < -0.39 is 0 Å². The molecule has 0 radical (unpaired) electrons. The SMILES string of the molecule is CCc1nc2ccccc2n1C1CCN(c2ncc(C#N)cc2Cl)CC1. The molecule has 5 nitrogen and oxygen atoms in total. The highest BCUT2D eigenvalue weighted by atomic mass is 35.5. The van der Waals surface area contributed by atoms with Gasteiger partial charge >= 0.3 is 0 Å². The molecular formula is C20H20ClN5. The van der Waals surface area contributed by atoms with Crippen molar-refractivity contribution in [2.75, 3.05) is 18.0 Å². The number of para-hydroxylation sites is 2. The molecule has 3 heterocycles. The van der Waals surface area contributed by atoms with Crippen molar-refractivity contribution in [2.45, 2.75) is 32.2 Å². The smallest absolute Gasteiger partial charge is 0.147 e. The average Bonchev–Trinajstić information content (AvgIpc) is 3.06. The maximum atomic E-state index is 8.97. The molecule has 1 saturated heterocycles. The lowest BCUT2D eigenvalue weighted by Gasteiger charge is -2.34. The van der Waals surface area contributed by atoms with Crippen LogP contribution >= 0.6 is 11.6 Å². The number of piperidine rings is 1. The van der Waals surface area contributed by atoms with Crippen LogP contribution in [0.2, 0.25) is 5.02 Å². The minimum absolute atomic E-state index is 0.436. The highest BCUT2D eigenvalue weighted by molar-refractivity contribution is 6.33. The van der Waals surface area contributed by atoms with E-state index in [1.54, 1.807) is 12.3 Å². The largest absolute Gasteiger partial charge is 0.355 e. The Morgan fingerprint density at radius 1 is 1.27 bits per heavy atom. The first-order valence-corrected chi connectivity index (χ1v) is 9.35. The fourth-order valence-electron chi connectivity index (χ4n) is 3.81. The molecule has 0 aliphatic carbocycles. The van der Waals surface area contributed by atoms with Crippen molar-refractivity contribution in [3.05, 3.63) is 52.9 Å². The predicted octanol–water partition coefficient (Wildman–Crippen LogP) is 4.36. The lowest BCUT2D eigenvalue weighted by molar-refractivity contribution is 0.394. The molecule has 0 N–H and O–H groups in total. The van der Waals surface area contributed by atoms with Crippen molar-refractivity contribution in [1.29, 1.82) is 5.26 Å². The van der Waals surface area contributed by atoms with Crippen molar-refractivity contribution < 1.29 is 0 Å². The summed E-state index contributed by atoms with van der Waals surface area (Å²) < 4.78 is 2.42. The van der Waals surface area contributed by atoms with E-state index in [0.29, 0.717) is 16.6 Å². The molecular weight excluding hydrogens is 346 g/mol. The predicted molar refractivity (Wildman–Crippen MR) is 104 cm³/mol. The van der Waals surface area contributed by atoms with Gasteiger partial charge in [0.15, 0.2) is 0 Å². The van der Waals surface area contributed by atoms with E-state index in [-0.39, 0.29) is 0 Å². The van der Waals surface area contributed by atoms with Gasteiger partial charge in [-0.15, -0.1) is 0 Å². The van der Waals surface area contributed by atoms with E-state index in [4.69, 9.17) is 21.8 Å². The van der Waals surface area contributed by atoms with E-state index in [2.05, 4.69) is 45.6 Å². The maximum Gasteiger partial charge on any atom is 0.147 e. The summed E-state index contributed by atoms with van der Waals surface area (Å²) in [4.78, 5) is 11.4. The third kappa shape index (κ3) is 2.91. The topological polar surface area (TPSA) is 57.7 Å². The van der Waals surface area contributed by atoms with E-state index in [1.165, 1.54) is 5.52 Å². The zero-order valence-electron chi connectivity index (χ0n) is 14.7. The second kappa shape index (κ2) is 6.97. The van der Waals surface area contributed by atoms with Crippen molar-refractivity contribution in [2.24, 2.45) is 0 Å². The summed E-state index contributed by atoms with van der Waals surface area (Å²) in [7, 11) is 0. The number of halogens is 1. The highest BCUT2D eigenvalue weighted by Gasteiger charge is 2.25. The molecule has 4 rings (SSSR count). The van der Waals surface area contributed by atoms with Gasteiger partial charge in [0.25, 0.3) is 0 Å². The van der Waals surface area contributed by atoms with Crippen LogP contribution in [0.5, 0.6) is 0 Å². The normalized spacial score (nSPS) is 15.3. The van der Waals surface area contributed by atoms with Gasteiger partial charge in [-0.1, -0.05) is 30.7 Å². The van der Waals surface area contributed by atoms with Crippen molar-refractivity contribution in [3.63, 3.8) is 0 Å². The summed E-state index contributed by atoms with van der Waals surface area (Å²) in [5, 5.41) is 9.51. The lowest BCUT2D eigenvalue weighted by Crippen LogP contribution is -2.35. The van der Waals surface area contributed by atoms with Gasteiger partial charge in [-0.3, -0.25) is 0 Å². The van der Waals surface area contributed by atoms with Gasteiger partial charge in [0.05, 0.1) is 21.6 Å². The van der Waals surface area contributed by atoms with Crippen molar-refractivity contribution in [3.8, 4) is 6.07 Å². The van der Waals surface area contributed by atoms with Crippen LogP contribution in [0.1, 0.15) is 37.2 Å². The number of pyridine rings is 1. The zero-order chi connectivity index (χ0) is 18.1. The first-order valence-electron chi connectivity index (χ1n) is 8.97. The van der Waals surface area contributed by atoms with E-state index >= 15 is 0 Å². The molecule has 26 heavy (non-hydrogen) atoms. The average molecular weight is 366 g/mol. The molecule has 0 unspecified atom stereocenters. The third-order valence-corrected chi connectivity index (χ3v) is 5.34. The Morgan fingerprint density at radius 3 is 2.73 bits per heavy atom. The fraction of sp³-hybridized carbons (Fsp3) is 0.350. The van der Waals surface area contributed by atoms with E-state index in [0.717, 1.165) is 49.5 Å². The van der Waals surface area contributed by atoms with Gasteiger partial charge in [-0.25, -0.2) is 9.97 Å². The number of benzene rings is 1. The summed E-state index contributed by atoms with van der Waals surface area (Å²) in [5.41, 5.74) is 2.78. The molecule has 2 aromatic heterocycles. The molecule has 1 fully saturated rings. The number of imidazole rings is 1. The second-order valence-corrected chi connectivity index (χ2v) is 7.01. The van der Waals surface area contributed by atoms with Crippen LogP contribution in [-0.2, 0) is 6.42 Å². The molecule has 0 saturated carbocycles. The molecule has 3 aromatic rings. The first kappa shape index (κ1) is 16.9. The number of nitrogens with zero attached hydrogens (tertiary/aromatic N) is 5. The minimum atomic E-state index is 0.436. The van der Waals surface area contributed by atoms with E-state index in [9.17, 15) is 0 Å². The summed E-state index contributed by atoms with van der Waals surface area (Å²) >= 11 is 6.33. The van der Waals surface area contributed by atoms with Gasteiger partial charge in [-0.2, -0.15) is 5.26 Å². The fourth-order valence-corrected chi connectivity index (χ4v) is 4.10. The zero-order valence-corrected chi connectivity index (χ0v) is 15.4. The van der Waals surface area contributed by atoms with Gasteiger partial charge in [0, 0.05) is 31.7 Å². The second-order valence-electron chi connectivity index (χ2n) is 6.60. The van der Waals surface area contributed by atoms with Gasteiger partial charge in [0.1, 0.15) is 17.7 Å². The van der Waals surface area contributed by atoms with Crippen LogP contribution in [0, 0.1) is 11.3 Å². The minimum Gasteiger partial charge on any atom is -0.355 e. The number of hydrogen-bond donors (Lipinski definition) is 0. The number of fused-ring (bicyclic) bond motifs is 1. The van der Waals surface area contributed by atoms with Crippen LogP contribution in [0.15, 0.2) is 36.5 Å². The molecule has 0 amide bonds. The van der Waals surface area contributed by atoms with Crippen LogP contribution in [0.4, 0.5) is 5.82 Å². The number of hydrogen-bond acceptors (Lipinski definition) is 4. The van der Waals surface area contributed by atoms with Gasteiger partial charge < -0.3 is 9.47 Å². The standard InChI is InChI=1S/C20H20ClN5/c1-2-19-24-17-5-3-4-6-18(17)26(19)15-7-9-25(10-8-15)20-16(21)11-14(12-22)13-23-20/h3-6,11,13,15H,2,7-10H2,1H3. The Kier molecular flexibility index (Phi) is 4.52.